The molecule has 0 aliphatic heterocycles. The number of H-pyrrole nitrogens is 1. The summed E-state index contributed by atoms with van der Waals surface area (Å²) >= 11 is 0. The molecule has 1 saturated carbocycles. The van der Waals surface area contributed by atoms with Gasteiger partial charge in [-0.1, -0.05) is 30.4 Å². The van der Waals surface area contributed by atoms with E-state index >= 15 is 0 Å². The smallest absolute Gasteiger partial charge is 0.0464 e. The van der Waals surface area contributed by atoms with E-state index < -0.39 is 0 Å². The number of aromatic nitrogens is 1. The molecule has 1 aromatic heterocycles. The van der Waals surface area contributed by atoms with Crippen LogP contribution in [-0.2, 0) is 0 Å². The standard InChI is InChI=1S/C13H11N/c1-2-4-12-10(3-1)11-6-8-5-9(8)7-13(11)14-12/h1-4,6-9,14H,5H2. The van der Waals surface area contributed by atoms with Crippen molar-refractivity contribution < 1.29 is 0 Å². The van der Waals surface area contributed by atoms with Gasteiger partial charge in [-0.25, -0.2) is 0 Å². The Hall–Kier alpha value is -1.50. The van der Waals surface area contributed by atoms with E-state index in [1.165, 1.54) is 27.9 Å². The maximum atomic E-state index is 3.49. The van der Waals surface area contributed by atoms with Crippen LogP contribution in [0.25, 0.3) is 23.1 Å². The minimum absolute atomic E-state index is 0.829. The molecule has 2 aliphatic rings. The lowest BCUT2D eigenvalue weighted by Crippen LogP contribution is -2.25. The van der Waals surface area contributed by atoms with Gasteiger partial charge < -0.3 is 4.98 Å². The van der Waals surface area contributed by atoms with Crippen molar-refractivity contribution in [2.24, 2.45) is 11.8 Å². The number of rotatable bonds is 0. The molecule has 1 N–H and O–H groups in total. The van der Waals surface area contributed by atoms with E-state index in [2.05, 4.69) is 41.4 Å². The summed E-state index contributed by atoms with van der Waals surface area (Å²) in [6.07, 6.45) is 6.20. The lowest BCUT2D eigenvalue weighted by atomic mass is 10.1. The Morgan fingerprint density at radius 3 is 2.93 bits per heavy atom. The molecule has 0 radical (unpaired) electrons. The summed E-state index contributed by atoms with van der Waals surface area (Å²) in [7, 11) is 0. The highest BCUT2D eigenvalue weighted by atomic mass is 14.7. The van der Waals surface area contributed by atoms with Crippen LogP contribution in [0.4, 0.5) is 0 Å². The molecule has 2 unspecified atom stereocenters. The maximum absolute atomic E-state index is 3.49. The molecular weight excluding hydrogens is 170 g/mol. The van der Waals surface area contributed by atoms with Gasteiger partial charge in [-0.05, 0) is 24.3 Å². The third-order valence-corrected chi connectivity index (χ3v) is 3.43. The first kappa shape index (κ1) is 6.88. The summed E-state index contributed by atoms with van der Waals surface area (Å²) < 4.78 is 0. The highest BCUT2D eigenvalue weighted by molar-refractivity contribution is 5.82. The molecule has 1 aromatic carbocycles. The van der Waals surface area contributed by atoms with Gasteiger partial charge in [0.1, 0.15) is 0 Å². The predicted octanol–water partition coefficient (Wildman–Crippen LogP) is 1.38. The summed E-state index contributed by atoms with van der Waals surface area (Å²) in [5.74, 6) is 1.66. The van der Waals surface area contributed by atoms with Crippen LogP contribution in [-0.4, -0.2) is 4.98 Å². The molecule has 14 heavy (non-hydrogen) atoms. The van der Waals surface area contributed by atoms with Gasteiger partial charge in [0.25, 0.3) is 0 Å². The summed E-state index contributed by atoms with van der Waals surface area (Å²) in [5, 5.41) is 4.15. The van der Waals surface area contributed by atoms with Crippen molar-refractivity contribution in [3.63, 3.8) is 0 Å². The van der Waals surface area contributed by atoms with Gasteiger partial charge in [-0.3, -0.25) is 0 Å². The van der Waals surface area contributed by atoms with E-state index in [-0.39, 0.29) is 0 Å². The molecule has 0 bridgehead atoms. The van der Waals surface area contributed by atoms with Crippen molar-refractivity contribution in [1.29, 1.82) is 0 Å². The number of benzene rings is 1. The molecular formula is C13H11N. The zero-order valence-electron chi connectivity index (χ0n) is 7.83. The van der Waals surface area contributed by atoms with E-state index in [1.54, 1.807) is 0 Å². The Kier molecular flexibility index (Phi) is 1.04. The van der Waals surface area contributed by atoms with Gasteiger partial charge in [0, 0.05) is 21.5 Å². The molecule has 2 atom stereocenters. The topological polar surface area (TPSA) is 15.8 Å². The average molecular weight is 181 g/mol. The largest absolute Gasteiger partial charge is 0.355 e. The number of para-hydroxylation sites is 1. The summed E-state index contributed by atoms with van der Waals surface area (Å²) in [6, 6.07) is 8.56. The third kappa shape index (κ3) is 0.752. The molecule has 1 heteroatoms. The van der Waals surface area contributed by atoms with Crippen molar-refractivity contribution in [2.45, 2.75) is 6.42 Å². The Bertz CT molecular complexity index is 633. The van der Waals surface area contributed by atoms with Crippen LogP contribution in [0.5, 0.6) is 0 Å². The van der Waals surface area contributed by atoms with E-state index in [0.717, 1.165) is 11.8 Å². The van der Waals surface area contributed by atoms with E-state index in [4.69, 9.17) is 0 Å². The molecule has 2 aliphatic carbocycles. The van der Waals surface area contributed by atoms with Crippen LogP contribution in [0.2, 0.25) is 0 Å². The molecule has 0 spiro atoms. The summed E-state index contributed by atoms with van der Waals surface area (Å²) in [5.41, 5.74) is 1.27. The molecule has 1 nitrogen and oxygen atoms in total. The fourth-order valence-electron chi connectivity index (χ4n) is 2.54. The van der Waals surface area contributed by atoms with Gasteiger partial charge in [0.2, 0.25) is 0 Å². The summed E-state index contributed by atoms with van der Waals surface area (Å²) in [4.78, 5) is 3.49. The molecule has 2 aromatic rings. The lowest BCUT2D eigenvalue weighted by molar-refractivity contribution is 1.05. The van der Waals surface area contributed by atoms with Crippen LogP contribution in [0.3, 0.4) is 0 Å². The first-order valence-corrected chi connectivity index (χ1v) is 5.22. The monoisotopic (exact) mass is 181 g/mol. The van der Waals surface area contributed by atoms with E-state index in [9.17, 15) is 0 Å². The zero-order chi connectivity index (χ0) is 9.12. The van der Waals surface area contributed by atoms with Crippen LogP contribution in [0.1, 0.15) is 6.42 Å². The van der Waals surface area contributed by atoms with Gasteiger partial charge in [-0.2, -0.15) is 0 Å². The number of aromatic amines is 1. The van der Waals surface area contributed by atoms with Crippen molar-refractivity contribution in [2.75, 3.05) is 0 Å². The lowest BCUT2D eigenvalue weighted by Gasteiger charge is -1.92. The molecule has 1 heterocycles. The number of hydrogen-bond acceptors (Lipinski definition) is 0. The fraction of sp³-hybridized carbons (Fsp3) is 0.231. The van der Waals surface area contributed by atoms with Crippen molar-refractivity contribution in [3.05, 3.63) is 34.8 Å². The Balaban J connectivity index is 2.28. The third-order valence-electron chi connectivity index (χ3n) is 3.43. The van der Waals surface area contributed by atoms with Crippen LogP contribution < -0.4 is 10.6 Å². The van der Waals surface area contributed by atoms with E-state index in [0.29, 0.717) is 0 Å². The Morgan fingerprint density at radius 1 is 1.07 bits per heavy atom. The van der Waals surface area contributed by atoms with Gasteiger partial charge in [0.15, 0.2) is 0 Å². The van der Waals surface area contributed by atoms with Gasteiger partial charge in [-0.15, -0.1) is 0 Å². The first-order valence-electron chi connectivity index (χ1n) is 5.22. The second-order valence-electron chi connectivity index (χ2n) is 4.39. The minimum atomic E-state index is 0.829. The normalized spacial score (nSPS) is 27.4. The first-order chi connectivity index (χ1) is 6.92. The molecule has 0 saturated heterocycles. The van der Waals surface area contributed by atoms with Crippen LogP contribution in [0.15, 0.2) is 24.3 Å². The Labute approximate surface area is 81.8 Å². The maximum Gasteiger partial charge on any atom is 0.0464 e. The highest BCUT2D eigenvalue weighted by Crippen LogP contribution is 2.42. The summed E-state index contributed by atoms with van der Waals surface area (Å²) in [6.45, 7) is 0. The van der Waals surface area contributed by atoms with Gasteiger partial charge in [0.05, 0.1) is 0 Å². The SMILES string of the molecule is C1=c2[nH]c3ccccc3c2=CC2CC12. The van der Waals surface area contributed by atoms with Crippen molar-refractivity contribution in [1.82, 2.24) is 4.98 Å². The average Bonchev–Trinajstić information content (AvgIpc) is 2.87. The number of nitrogens with one attached hydrogen (secondary N) is 1. The molecule has 68 valence electrons. The fourth-order valence-corrected chi connectivity index (χ4v) is 2.54. The zero-order valence-corrected chi connectivity index (χ0v) is 7.83. The van der Waals surface area contributed by atoms with Crippen LogP contribution in [0, 0.1) is 11.8 Å². The second-order valence-corrected chi connectivity index (χ2v) is 4.39. The Morgan fingerprint density at radius 2 is 1.93 bits per heavy atom. The van der Waals surface area contributed by atoms with E-state index in [1.807, 2.05) is 0 Å². The van der Waals surface area contributed by atoms with Crippen molar-refractivity contribution >= 4 is 23.1 Å². The predicted molar refractivity (Wildman–Crippen MR) is 58.1 cm³/mol. The highest BCUT2D eigenvalue weighted by Gasteiger charge is 2.34. The molecule has 0 amide bonds. The number of fused-ring (bicyclic) bond motifs is 4. The minimum Gasteiger partial charge on any atom is -0.355 e. The second kappa shape index (κ2) is 2.11. The number of hydrogen-bond donors (Lipinski definition) is 1. The van der Waals surface area contributed by atoms with Crippen LogP contribution >= 0.6 is 0 Å². The molecule has 4 rings (SSSR count). The quantitative estimate of drug-likeness (QED) is 0.632. The molecule has 1 fully saturated rings. The van der Waals surface area contributed by atoms with Gasteiger partial charge >= 0.3 is 0 Å². The van der Waals surface area contributed by atoms with Crippen molar-refractivity contribution in [3.8, 4) is 0 Å².